The fraction of sp³-hybridized carbons (Fsp3) is 0.435. The lowest BCUT2D eigenvalue weighted by molar-refractivity contribution is -0.116. The highest BCUT2D eigenvalue weighted by molar-refractivity contribution is 5.92. The number of hydrogen-bond acceptors (Lipinski definition) is 4. The van der Waals surface area contributed by atoms with Gasteiger partial charge >= 0.3 is 0 Å². The normalized spacial score (nSPS) is 14.8. The van der Waals surface area contributed by atoms with Crippen LogP contribution in [0.1, 0.15) is 24.5 Å². The standard InChI is InChI=1S/C23H31N3O2/c1-4-19-9-7-8-18(2)23(19)24-22(27)12-13-25-14-16-26(17-15-25)20-10-5-6-11-21(20)28-3/h5-11H,4,12-17H2,1-3H3,(H,24,27). The Morgan fingerprint density at radius 2 is 1.82 bits per heavy atom. The number of nitrogens with zero attached hydrogens (tertiary/aromatic N) is 2. The van der Waals surface area contributed by atoms with Crippen LogP contribution in [-0.2, 0) is 11.2 Å². The van der Waals surface area contributed by atoms with Crippen LogP contribution in [0.3, 0.4) is 0 Å². The molecule has 0 atom stereocenters. The fourth-order valence-corrected chi connectivity index (χ4v) is 3.77. The Bertz CT molecular complexity index is 798. The molecule has 0 bridgehead atoms. The zero-order chi connectivity index (χ0) is 19.9. The quantitative estimate of drug-likeness (QED) is 0.794. The summed E-state index contributed by atoms with van der Waals surface area (Å²) < 4.78 is 5.48. The second-order valence-electron chi connectivity index (χ2n) is 7.26. The number of ether oxygens (including phenoxy) is 1. The fourth-order valence-electron chi connectivity index (χ4n) is 3.77. The predicted molar refractivity (Wildman–Crippen MR) is 115 cm³/mol. The topological polar surface area (TPSA) is 44.8 Å². The Kier molecular flexibility index (Phi) is 6.93. The summed E-state index contributed by atoms with van der Waals surface area (Å²) in [5, 5.41) is 3.13. The van der Waals surface area contributed by atoms with Crippen LogP contribution >= 0.6 is 0 Å². The number of amides is 1. The number of para-hydroxylation sites is 3. The van der Waals surface area contributed by atoms with E-state index in [2.05, 4.69) is 34.2 Å². The Balaban J connectivity index is 1.49. The van der Waals surface area contributed by atoms with Gasteiger partial charge in [-0.3, -0.25) is 9.69 Å². The maximum Gasteiger partial charge on any atom is 0.225 e. The Labute approximate surface area is 168 Å². The molecule has 1 N–H and O–H groups in total. The molecule has 0 unspecified atom stereocenters. The van der Waals surface area contributed by atoms with Crippen LogP contribution < -0.4 is 15.0 Å². The van der Waals surface area contributed by atoms with Crippen LogP contribution in [0.25, 0.3) is 0 Å². The van der Waals surface area contributed by atoms with E-state index in [0.717, 1.165) is 61.8 Å². The number of hydrogen-bond donors (Lipinski definition) is 1. The summed E-state index contributed by atoms with van der Waals surface area (Å²) in [6.07, 6.45) is 1.44. The molecule has 0 radical (unpaired) electrons. The van der Waals surface area contributed by atoms with Crippen molar-refractivity contribution < 1.29 is 9.53 Å². The minimum Gasteiger partial charge on any atom is -0.495 e. The number of aryl methyl sites for hydroxylation is 2. The van der Waals surface area contributed by atoms with Gasteiger partial charge in [0, 0.05) is 44.8 Å². The van der Waals surface area contributed by atoms with Crippen molar-refractivity contribution in [3.8, 4) is 5.75 Å². The van der Waals surface area contributed by atoms with E-state index in [-0.39, 0.29) is 5.91 Å². The van der Waals surface area contributed by atoms with Gasteiger partial charge in [0.05, 0.1) is 12.8 Å². The van der Waals surface area contributed by atoms with Crippen molar-refractivity contribution in [1.82, 2.24) is 4.90 Å². The average Bonchev–Trinajstić information content (AvgIpc) is 2.74. The Hall–Kier alpha value is -2.53. The van der Waals surface area contributed by atoms with Crippen LogP contribution in [0.5, 0.6) is 5.75 Å². The SMILES string of the molecule is CCc1cccc(C)c1NC(=O)CCN1CCN(c2ccccc2OC)CC1. The zero-order valence-corrected chi connectivity index (χ0v) is 17.2. The smallest absolute Gasteiger partial charge is 0.225 e. The van der Waals surface area contributed by atoms with Crippen LogP contribution in [0.2, 0.25) is 0 Å². The molecular weight excluding hydrogens is 350 g/mol. The molecule has 0 spiro atoms. The minimum absolute atomic E-state index is 0.0937. The molecule has 2 aromatic rings. The van der Waals surface area contributed by atoms with E-state index >= 15 is 0 Å². The summed E-state index contributed by atoms with van der Waals surface area (Å²) in [6.45, 7) is 8.75. The predicted octanol–water partition coefficient (Wildman–Crippen LogP) is 3.72. The van der Waals surface area contributed by atoms with Gasteiger partial charge in [0.25, 0.3) is 0 Å². The van der Waals surface area contributed by atoms with Crippen molar-refractivity contribution in [3.63, 3.8) is 0 Å². The summed E-state index contributed by atoms with van der Waals surface area (Å²) in [4.78, 5) is 17.2. The molecule has 2 aromatic carbocycles. The molecule has 28 heavy (non-hydrogen) atoms. The lowest BCUT2D eigenvalue weighted by Crippen LogP contribution is -2.47. The van der Waals surface area contributed by atoms with Gasteiger partial charge in [-0.2, -0.15) is 0 Å². The van der Waals surface area contributed by atoms with E-state index < -0.39 is 0 Å². The summed E-state index contributed by atoms with van der Waals surface area (Å²) in [5.74, 6) is 1.01. The van der Waals surface area contributed by atoms with Crippen LogP contribution in [-0.4, -0.2) is 50.6 Å². The van der Waals surface area contributed by atoms with Crippen molar-refractivity contribution in [3.05, 3.63) is 53.6 Å². The van der Waals surface area contributed by atoms with Crippen LogP contribution in [0.4, 0.5) is 11.4 Å². The molecule has 1 amide bonds. The highest BCUT2D eigenvalue weighted by Gasteiger charge is 2.20. The Morgan fingerprint density at radius 1 is 1.07 bits per heavy atom. The third-order valence-electron chi connectivity index (χ3n) is 5.46. The highest BCUT2D eigenvalue weighted by Crippen LogP contribution is 2.28. The number of nitrogens with one attached hydrogen (secondary N) is 1. The molecule has 1 aliphatic heterocycles. The monoisotopic (exact) mass is 381 g/mol. The van der Waals surface area contributed by atoms with E-state index in [1.807, 2.05) is 37.3 Å². The first-order valence-corrected chi connectivity index (χ1v) is 10.1. The summed E-state index contributed by atoms with van der Waals surface area (Å²) in [5.41, 5.74) is 4.45. The molecule has 0 saturated carbocycles. The molecule has 5 nitrogen and oxygen atoms in total. The number of methoxy groups -OCH3 is 1. The van der Waals surface area contributed by atoms with Crippen molar-refractivity contribution >= 4 is 17.3 Å². The third kappa shape index (κ3) is 4.84. The number of carbonyl (C=O) groups excluding carboxylic acids is 1. The number of rotatable bonds is 7. The molecular formula is C23H31N3O2. The maximum absolute atomic E-state index is 12.5. The first-order valence-electron chi connectivity index (χ1n) is 10.1. The molecule has 1 aliphatic rings. The van der Waals surface area contributed by atoms with Crippen molar-refractivity contribution in [2.45, 2.75) is 26.7 Å². The zero-order valence-electron chi connectivity index (χ0n) is 17.2. The number of anilines is 2. The van der Waals surface area contributed by atoms with Gasteiger partial charge < -0.3 is 15.0 Å². The second-order valence-corrected chi connectivity index (χ2v) is 7.26. The first-order chi connectivity index (χ1) is 13.6. The molecule has 0 aromatic heterocycles. The lowest BCUT2D eigenvalue weighted by atomic mass is 10.1. The Morgan fingerprint density at radius 3 is 2.54 bits per heavy atom. The largest absolute Gasteiger partial charge is 0.495 e. The number of benzene rings is 2. The van der Waals surface area contributed by atoms with E-state index in [1.165, 1.54) is 5.56 Å². The lowest BCUT2D eigenvalue weighted by Gasteiger charge is -2.36. The van der Waals surface area contributed by atoms with Gasteiger partial charge in [-0.05, 0) is 36.6 Å². The third-order valence-corrected chi connectivity index (χ3v) is 5.46. The average molecular weight is 382 g/mol. The molecule has 0 aliphatic carbocycles. The summed E-state index contributed by atoms with van der Waals surface area (Å²) in [6, 6.07) is 14.3. The molecule has 3 rings (SSSR count). The van der Waals surface area contributed by atoms with Crippen molar-refractivity contribution in [2.24, 2.45) is 0 Å². The number of piperazine rings is 1. The first kappa shape index (κ1) is 20.2. The molecule has 1 saturated heterocycles. The molecule has 5 heteroatoms. The van der Waals surface area contributed by atoms with E-state index in [9.17, 15) is 4.79 Å². The highest BCUT2D eigenvalue weighted by atomic mass is 16.5. The second kappa shape index (κ2) is 9.60. The van der Waals surface area contributed by atoms with Gasteiger partial charge in [0.1, 0.15) is 5.75 Å². The van der Waals surface area contributed by atoms with Gasteiger partial charge in [-0.25, -0.2) is 0 Å². The van der Waals surface area contributed by atoms with Gasteiger partial charge in [0.15, 0.2) is 0 Å². The van der Waals surface area contributed by atoms with E-state index in [1.54, 1.807) is 7.11 Å². The van der Waals surface area contributed by atoms with Crippen molar-refractivity contribution in [2.75, 3.05) is 50.1 Å². The molecule has 150 valence electrons. The summed E-state index contributed by atoms with van der Waals surface area (Å²) in [7, 11) is 1.71. The number of carbonyl (C=O) groups is 1. The van der Waals surface area contributed by atoms with Crippen LogP contribution in [0, 0.1) is 6.92 Å². The molecule has 1 fully saturated rings. The van der Waals surface area contributed by atoms with Gasteiger partial charge in [0.2, 0.25) is 5.91 Å². The summed E-state index contributed by atoms with van der Waals surface area (Å²) >= 11 is 0. The van der Waals surface area contributed by atoms with E-state index in [4.69, 9.17) is 4.74 Å². The minimum atomic E-state index is 0.0937. The van der Waals surface area contributed by atoms with Crippen LogP contribution in [0.15, 0.2) is 42.5 Å². The van der Waals surface area contributed by atoms with Gasteiger partial charge in [-0.1, -0.05) is 37.3 Å². The van der Waals surface area contributed by atoms with Gasteiger partial charge in [-0.15, -0.1) is 0 Å². The molecule has 1 heterocycles. The van der Waals surface area contributed by atoms with Crippen molar-refractivity contribution in [1.29, 1.82) is 0 Å². The maximum atomic E-state index is 12.5. The van der Waals surface area contributed by atoms with E-state index in [0.29, 0.717) is 6.42 Å².